The molecule has 0 radical (unpaired) electrons. The zero-order valence-electron chi connectivity index (χ0n) is 15.4. The average Bonchev–Trinajstić information content (AvgIpc) is 3.42. The summed E-state index contributed by atoms with van der Waals surface area (Å²) in [6.07, 6.45) is 4.12. The maximum Gasteiger partial charge on any atom is 0.249 e. The van der Waals surface area contributed by atoms with Gasteiger partial charge in [0.25, 0.3) is 0 Å². The number of amides is 2. The summed E-state index contributed by atoms with van der Waals surface area (Å²) in [4.78, 5) is 26.9. The lowest BCUT2D eigenvalue weighted by Gasteiger charge is -2.25. The number of hydrogen-bond acceptors (Lipinski definition) is 3. The van der Waals surface area contributed by atoms with Crippen molar-refractivity contribution < 1.29 is 9.59 Å². The molecule has 1 aliphatic carbocycles. The van der Waals surface area contributed by atoms with E-state index in [-0.39, 0.29) is 17.7 Å². The number of nitrogens with one attached hydrogen (secondary N) is 2. The third-order valence-corrected chi connectivity index (χ3v) is 5.21. The quantitative estimate of drug-likeness (QED) is 0.820. The highest BCUT2D eigenvalue weighted by molar-refractivity contribution is 5.94. The zero-order chi connectivity index (χ0) is 18.6. The predicted molar refractivity (Wildman–Crippen MR) is 106 cm³/mol. The molecule has 1 saturated carbocycles. The molecule has 1 aliphatic heterocycles. The van der Waals surface area contributed by atoms with E-state index in [2.05, 4.69) is 10.6 Å². The van der Waals surface area contributed by atoms with E-state index in [4.69, 9.17) is 0 Å². The summed E-state index contributed by atoms with van der Waals surface area (Å²) in [5.74, 6) is 0.398. The van der Waals surface area contributed by atoms with E-state index in [0.29, 0.717) is 0 Å². The molecule has 0 aromatic heterocycles. The van der Waals surface area contributed by atoms with E-state index in [0.717, 1.165) is 55.7 Å². The van der Waals surface area contributed by atoms with Crippen LogP contribution < -0.4 is 10.6 Å². The molecular formula is C22H25N3O2. The SMILES string of the molecule is O=C(Nc1ccc(NC(C(=O)N2CCCC2)c2ccccc2)cc1)C1CC1. The topological polar surface area (TPSA) is 61.4 Å². The van der Waals surface area contributed by atoms with Crippen LogP contribution in [0.25, 0.3) is 0 Å². The molecule has 5 nitrogen and oxygen atoms in total. The van der Waals surface area contributed by atoms with Gasteiger partial charge in [0.1, 0.15) is 6.04 Å². The van der Waals surface area contributed by atoms with Crippen LogP contribution in [0, 0.1) is 5.92 Å². The van der Waals surface area contributed by atoms with Crippen molar-refractivity contribution in [1.29, 1.82) is 0 Å². The Balaban J connectivity index is 1.48. The summed E-state index contributed by atoms with van der Waals surface area (Å²) in [6.45, 7) is 1.66. The number of carbonyl (C=O) groups is 2. The van der Waals surface area contributed by atoms with Gasteiger partial charge in [0.15, 0.2) is 0 Å². The molecule has 2 N–H and O–H groups in total. The van der Waals surface area contributed by atoms with Gasteiger partial charge < -0.3 is 15.5 Å². The number of hydrogen-bond donors (Lipinski definition) is 2. The van der Waals surface area contributed by atoms with Gasteiger partial charge in [-0.3, -0.25) is 9.59 Å². The lowest BCUT2D eigenvalue weighted by atomic mass is 10.0. The van der Waals surface area contributed by atoms with Crippen molar-refractivity contribution in [1.82, 2.24) is 4.90 Å². The van der Waals surface area contributed by atoms with Crippen molar-refractivity contribution in [2.24, 2.45) is 5.92 Å². The van der Waals surface area contributed by atoms with Crippen LogP contribution in [0.15, 0.2) is 54.6 Å². The molecule has 2 aromatic rings. The van der Waals surface area contributed by atoms with Crippen molar-refractivity contribution in [3.05, 3.63) is 60.2 Å². The van der Waals surface area contributed by atoms with Gasteiger partial charge in [-0.15, -0.1) is 0 Å². The maximum atomic E-state index is 13.1. The van der Waals surface area contributed by atoms with E-state index < -0.39 is 6.04 Å². The molecule has 1 saturated heterocycles. The van der Waals surface area contributed by atoms with Gasteiger partial charge in [-0.2, -0.15) is 0 Å². The number of nitrogens with zero attached hydrogens (tertiary/aromatic N) is 1. The van der Waals surface area contributed by atoms with Crippen LogP contribution in [0.1, 0.15) is 37.3 Å². The van der Waals surface area contributed by atoms with Gasteiger partial charge in [0, 0.05) is 30.4 Å². The Hall–Kier alpha value is -2.82. The van der Waals surface area contributed by atoms with Crippen LogP contribution in [0.2, 0.25) is 0 Å². The molecule has 5 heteroatoms. The van der Waals surface area contributed by atoms with Crippen LogP contribution >= 0.6 is 0 Å². The first-order valence-electron chi connectivity index (χ1n) is 9.72. The Kier molecular flexibility index (Phi) is 5.10. The minimum atomic E-state index is -0.406. The minimum absolute atomic E-state index is 0.0992. The third-order valence-electron chi connectivity index (χ3n) is 5.21. The van der Waals surface area contributed by atoms with Gasteiger partial charge in [-0.05, 0) is 55.5 Å². The van der Waals surface area contributed by atoms with Gasteiger partial charge in [-0.1, -0.05) is 30.3 Å². The average molecular weight is 363 g/mol. The predicted octanol–water partition coefficient (Wildman–Crippen LogP) is 3.81. The van der Waals surface area contributed by atoms with Crippen molar-refractivity contribution in [3.63, 3.8) is 0 Å². The second-order valence-corrected chi connectivity index (χ2v) is 7.36. The van der Waals surface area contributed by atoms with Crippen molar-refractivity contribution in [3.8, 4) is 0 Å². The molecule has 4 rings (SSSR count). The fourth-order valence-electron chi connectivity index (χ4n) is 3.46. The minimum Gasteiger partial charge on any atom is -0.370 e. The van der Waals surface area contributed by atoms with Crippen molar-refractivity contribution >= 4 is 23.2 Å². The van der Waals surface area contributed by atoms with Crippen molar-refractivity contribution in [2.45, 2.75) is 31.7 Å². The summed E-state index contributed by atoms with van der Waals surface area (Å²) in [5.41, 5.74) is 2.61. The van der Waals surface area contributed by atoms with E-state index in [1.807, 2.05) is 59.5 Å². The van der Waals surface area contributed by atoms with Gasteiger partial charge >= 0.3 is 0 Å². The number of likely N-dealkylation sites (tertiary alicyclic amines) is 1. The molecule has 2 fully saturated rings. The Bertz CT molecular complexity index is 794. The molecule has 1 unspecified atom stereocenters. The van der Waals surface area contributed by atoms with E-state index in [9.17, 15) is 9.59 Å². The summed E-state index contributed by atoms with van der Waals surface area (Å²) in [6, 6.07) is 17.0. The van der Waals surface area contributed by atoms with E-state index >= 15 is 0 Å². The van der Waals surface area contributed by atoms with Crippen molar-refractivity contribution in [2.75, 3.05) is 23.7 Å². The normalized spacial score (nSPS) is 17.4. The summed E-state index contributed by atoms with van der Waals surface area (Å²) >= 11 is 0. The van der Waals surface area contributed by atoms with Crippen LogP contribution in [-0.4, -0.2) is 29.8 Å². The lowest BCUT2D eigenvalue weighted by Crippen LogP contribution is -2.36. The Morgan fingerprint density at radius 1 is 0.889 bits per heavy atom. The highest BCUT2D eigenvalue weighted by Gasteiger charge is 2.30. The molecule has 27 heavy (non-hydrogen) atoms. The Morgan fingerprint density at radius 2 is 1.52 bits per heavy atom. The zero-order valence-corrected chi connectivity index (χ0v) is 15.4. The van der Waals surface area contributed by atoms with Crippen LogP contribution in [-0.2, 0) is 9.59 Å². The van der Waals surface area contributed by atoms with Gasteiger partial charge in [-0.25, -0.2) is 0 Å². The monoisotopic (exact) mass is 363 g/mol. The largest absolute Gasteiger partial charge is 0.370 e. The molecule has 1 atom stereocenters. The number of benzene rings is 2. The summed E-state index contributed by atoms with van der Waals surface area (Å²) in [5, 5.41) is 6.33. The standard InChI is InChI=1S/C22H25N3O2/c26-21(17-8-9-17)24-19-12-10-18(11-13-19)23-20(16-6-2-1-3-7-16)22(27)25-14-4-5-15-25/h1-3,6-7,10-13,17,20,23H,4-5,8-9,14-15H2,(H,24,26). The molecule has 0 bridgehead atoms. The number of anilines is 2. The first kappa shape index (κ1) is 17.6. The Labute approximate surface area is 159 Å². The second kappa shape index (κ2) is 7.82. The first-order chi connectivity index (χ1) is 13.2. The van der Waals surface area contributed by atoms with Crippen LogP contribution in [0.4, 0.5) is 11.4 Å². The molecule has 1 heterocycles. The highest BCUT2D eigenvalue weighted by Crippen LogP contribution is 2.30. The van der Waals surface area contributed by atoms with E-state index in [1.54, 1.807) is 0 Å². The number of carbonyl (C=O) groups excluding carboxylic acids is 2. The van der Waals surface area contributed by atoms with Gasteiger partial charge in [0.05, 0.1) is 0 Å². The second-order valence-electron chi connectivity index (χ2n) is 7.36. The molecular weight excluding hydrogens is 338 g/mol. The summed E-state index contributed by atoms with van der Waals surface area (Å²) < 4.78 is 0. The fourth-order valence-corrected chi connectivity index (χ4v) is 3.46. The molecule has 2 aromatic carbocycles. The van der Waals surface area contributed by atoms with Gasteiger partial charge in [0.2, 0.25) is 11.8 Å². The molecule has 2 aliphatic rings. The fraction of sp³-hybridized carbons (Fsp3) is 0.364. The van der Waals surface area contributed by atoms with Crippen LogP contribution in [0.3, 0.4) is 0 Å². The Morgan fingerprint density at radius 3 is 2.15 bits per heavy atom. The lowest BCUT2D eigenvalue weighted by molar-refractivity contribution is -0.131. The summed E-state index contributed by atoms with van der Waals surface area (Å²) in [7, 11) is 0. The maximum absolute atomic E-state index is 13.1. The number of rotatable bonds is 6. The third kappa shape index (κ3) is 4.30. The smallest absolute Gasteiger partial charge is 0.249 e. The molecule has 2 amide bonds. The molecule has 0 spiro atoms. The first-order valence-corrected chi connectivity index (χ1v) is 9.72. The highest BCUT2D eigenvalue weighted by atomic mass is 16.2. The van der Waals surface area contributed by atoms with E-state index in [1.165, 1.54) is 0 Å². The van der Waals surface area contributed by atoms with Crippen LogP contribution in [0.5, 0.6) is 0 Å². The molecule has 140 valence electrons.